The van der Waals surface area contributed by atoms with Crippen molar-refractivity contribution < 1.29 is 9.53 Å². The van der Waals surface area contributed by atoms with Crippen molar-refractivity contribution in [1.29, 1.82) is 0 Å². The molecule has 0 saturated heterocycles. The van der Waals surface area contributed by atoms with Crippen molar-refractivity contribution in [2.45, 2.75) is 72.2 Å². The minimum Gasteiger partial charge on any atom is -0.443 e. The molecule has 0 saturated carbocycles. The fourth-order valence-corrected chi connectivity index (χ4v) is 4.98. The number of anilines is 1. The summed E-state index contributed by atoms with van der Waals surface area (Å²) < 4.78 is 10.6. The van der Waals surface area contributed by atoms with Gasteiger partial charge in [-0.05, 0) is 60.1 Å². The Morgan fingerprint density at radius 1 is 1.05 bits per heavy atom. The van der Waals surface area contributed by atoms with E-state index in [1.54, 1.807) is 27.7 Å². The Labute approximate surface area is 242 Å². The first kappa shape index (κ1) is 28.3. The summed E-state index contributed by atoms with van der Waals surface area (Å²) in [5.41, 5.74) is 0.523. The van der Waals surface area contributed by atoms with Crippen LogP contribution in [-0.2, 0) is 11.3 Å². The Morgan fingerprint density at radius 2 is 1.76 bits per heavy atom. The highest BCUT2D eigenvalue weighted by Gasteiger charge is 2.35. The van der Waals surface area contributed by atoms with E-state index in [0.29, 0.717) is 33.3 Å². The molecule has 0 bridgehead atoms. The lowest BCUT2D eigenvalue weighted by atomic mass is 10.1. The van der Waals surface area contributed by atoms with Crippen molar-refractivity contribution in [2.75, 3.05) is 4.90 Å². The standard InChI is InChI=1S/C29H33ClN8O3/c1-18(19-11-9-8-10-12-19)37-21(34-36-14-13-20(30)23(36)26(37)39)15-35-17-33-22-24(35)31-16-32-25(22)38(28(2,3)4)27(40)41-29(5,6)7/h8-14,16-18H,15H2,1-7H3/t18-/m0/s1. The SMILES string of the molecule is C[C@@H](c1ccccc1)n1c(Cn2cnc3c(N(C(=O)OC(C)(C)C)C(C)(C)C)ncnc32)nn2ccc(Cl)c2c1=O. The summed E-state index contributed by atoms with van der Waals surface area (Å²) in [7, 11) is 0. The number of hydrogen-bond acceptors (Lipinski definition) is 7. The highest BCUT2D eigenvalue weighted by Crippen LogP contribution is 2.30. The second kappa shape index (κ2) is 10.3. The molecule has 0 aliphatic heterocycles. The number of amides is 1. The van der Waals surface area contributed by atoms with Gasteiger partial charge in [0.1, 0.15) is 17.4 Å². The van der Waals surface area contributed by atoms with Crippen molar-refractivity contribution in [1.82, 2.24) is 33.7 Å². The molecule has 11 nitrogen and oxygen atoms in total. The number of hydrogen-bond donors (Lipinski definition) is 0. The van der Waals surface area contributed by atoms with Crippen molar-refractivity contribution in [3.8, 4) is 0 Å². The monoisotopic (exact) mass is 576 g/mol. The van der Waals surface area contributed by atoms with E-state index < -0.39 is 17.2 Å². The minimum atomic E-state index is -0.698. The maximum Gasteiger partial charge on any atom is 0.416 e. The van der Waals surface area contributed by atoms with Crippen molar-refractivity contribution in [3.05, 3.63) is 82.0 Å². The molecule has 4 aromatic heterocycles. The Kier molecular flexibility index (Phi) is 7.10. The molecule has 0 unspecified atom stereocenters. The summed E-state index contributed by atoms with van der Waals surface area (Å²) in [5.74, 6) is 0.802. The molecule has 0 fully saturated rings. The van der Waals surface area contributed by atoms with E-state index in [1.807, 2.05) is 78.8 Å². The normalized spacial score (nSPS) is 13.1. The topological polar surface area (TPSA) is 112 Å². The van der Waals surface area contributed by atoms with Gasteiger partial charge in [0, 0.05) is 11.7 Å². The number of aromatic nitrogens is 7. The number of halogens is 1. The Hall–Kier alpha value is -4.25. The van der Waals surface area contributed by atoms with Gasteiger partial charge in [-0.25, -0.2) is 24.3 Å². The van der Waals surface area contributed by atoms with Gasteiger partial charge in [0.05, 0.1) is 23.9 Å². The van der Waals surface area contributed by atoms with E-state index in [0.717, 1.165) is 5.56 Å². The van der Waals surface area contributed by atoms with Crippen molar-refractivity contribution in [3.63, 3.8) is 0 Å². The third-order valence-corrected chi connectivity index (χ3v) is 6.87. The lowest BCUT2D eigenvalue weighted by Crippen LogP contribution is -2.48. The van der Waals surface area contributed by atoms with Crippen LogP contribution in [0.4, 0.5) is 10.6 Å². The van der Waals surface area contributed by atoms with E-state index in [2.05, 4.69) is 15.0 Å². The predicted octanol–water partition coefficient (Wildman–Crippen LogP) is 5.49. The van der Waals surface area contributed by atoms with E-state index in [-0.39, 0.29) is 18.1 Å². The van der Waals surface area contributed by atoms with Crippen molar-refractivity contribution in [2.24, 2.45) is 0 Å². The summed E-state index contributed by atoms with van der Waals surface area (Å²) in [6.45, 7) is 13.2. The third kappa shape index (κ3) is 5.41. The lowest BCUT2D eigenvalue weighted by molar-refractivity contribution is 0.0549. The molecule has 0 aliphatic carbocycles. The summed E-state index contributed by atoms with van der Waals surface area (Å²) in [6, 6.07) is 11.0. The zero-order chi connectivity index (χ0) is 29.7. The molecule has 5 rings (SSSR count). The fourth-order valence-electron chi connectivity index (χ4n) is 4.76. The van der Waals surface area contributed by atoms with Gasteiger partial charge in [-0.2, -0.15) is 5.10 Å². The molecule has 41 heavy (non-hydrogen) atoms. The van der Waals surface area contributed by atoms with Crippen LogP contribution in [-0.4, -0.2) is 50.9 Å². The number of imidazole rings is 1. The molecule has 0 spiro atoms. The maximum atomic E-state index is 13.8. The van der Waals surface area contributed by atoms with E-state index >= 15 is 0 Å². The summed E-state index contributed by atoms with van der Waals surface area (Å²) in [6.07, 6.45) is 4.12. The van der Waals surface area contributed by atoms with Crippen LogP contribution in [0, 0.1) is 0 Å². The van der Waals surface area contributed by atoms with Crippen LogP contribution in [0.1, 0.15) is 65.9 Å². The first-order valence-corrected chi connectivity index (χ1v) is 13.7. The number of fused-ring (bicyclic) bond motifs is 2. The van der Waals surface area contributed by atoms with E-state index in [9.17, 15) is 9.59 Å². The van der Waals surface area contributed by atoms with Gasteiger partial charge < -0.3 is 9.30 Å². The Morgan fingerprint density at radius 3 is 2.41 bits per heavy atom. The average molecular weight is 577 g/mol. The number of carbonyl (C=O) groups excluding carboxylic acids is 1. The van der Waals surface area contributed by atoms with Crippen LogP contribution >= 0.6 is 11.6 Å². The zero-order valence-corrected chi connectivity index (χ0v) is 24.9. The van der Waals surface area contributed by atoms with Gasteiger partial charge in [0.15, 0.2) is 22.8 Å². The fraction of sp³-hybridized carbons (Fsp3) is 0.379. The van der Waals surface area contributed by atoms with Crippen LogP contribution in [0.15, 0.2) is 60.0 Å². The maximum absolute atomic E-state index is 13.8. The van der Waals surface area contributed by atoms with Crippen LogP contribution in [0.3, 0.4) is 0 Å². The van der Waals surface area contributed by atoms with Gasteiger partial charge in [0.25, 0.3) is 5.56 Å². The molecule has 12 heteroatoms. The van der Waals surface area contributed by atoms with Crippen LogP contribution in [0.5, 0.6) is 0 Å². The second-order valence-electron chi connectivity index (χ2n) is 11.9. The number of carbonyl (C=O) groups is 1. The molecule has 1 amide bonds. The molecule has 5 aromatic rings. The molecule has 0 radical (unpaired) electrons. The number of benzene rings is 1. The molecule has 0 N–H and O–H groups in total. The summed E-state index contributed by atoms with van der Waals surface area (Å²) in [5, 5.41) is 5.10. The van der Waals surface area contributed by atoms with Crippen molar-refractivity contribution >= 4 is 40.2 Å². The van der Waals surface area contributed by atoms with E-state index in [4.69, 9.17) is 21.4 Å². The quantitative estimate of drug-likeness (QED) is 0.272. The van der Waals surface area contributed by atoms with Crippen LogP contribution in [0.25, 0.3) is 16.7 Å². The Balaban J connectivity index is 1.64. The molecule has 0 aliphatic rings. The number of rotatable bonds is 5. The summed E-state index contributed by atoms with van der Waals surface area (Å²) in [4.78, 5) is 42.1. The number of ether oxygens (including phenoxy) is 1. The van der Waals surface area contributed by atoms with Gasteiger partial charge in [0.2, 0.25) is 0 Å². The molecular weight excluding hydrogens is 544 g/mol. The zero-order valence-electron chi connectivity index (χ0n) is 24.2. The lowest BCUT2D eigenvalue weighted by Gasteiger charge is -2.35. The smallest absolute Gasteiger partial charge is 0.416 e. The highest BCUT2D eigenvalue weighted by molar-refractivity contribution is 6.33. The minimum absolute atomic E-state index is 0.174. The first-order valence-electron chi connectivity index (χ1n) is 13.3. The second-order valence-corrected chi connectivity index (χ2v) is 12.3. The molecule has 1 aromatic carbocycles. The van der Waals surface area contributed by atoms with Gasteiger partial charge >= 0.3 is 6.09 Å². The van der Waals surface area contributed by atoms with Gasteiger partial charge in [-0.3, -0.25) is 14.3 Å². The van der Waals surface area contributed by atoms with Gasteiger partial charge in [-0.15, -0.1) is 0 Å². The van der Waals surface area contributed by atoms with Crippen LogP contribution in [0.2, 0.25) is 5.02 Å². The molecule has 214 valence electrons. The molecular formula is C29H33ClN8O3. The van der Waals surface area contributed by atoms with Crippen LogP contribution < -0.4 is 10.5 Å². The van der Waals surface area contributed by atoms with Gasteiger partial charge in [-0.1, -0.05) is 41.9 Å². The summed E-state index contributed by atoms with van der Waals surface area (Å²) >= 11 is 6.37. The third-order valence-electron chi connectivity index (χ3n) is 6.56. The highest BCUT2D eigenvalue weighted by atomic mass is 35.5. The average Bonchev–Trinajstić information content (AvgIpc) is 3.46. The van der Waals surface area contributed by atoms with E-state index in [1.165, 1.54) is 15.7 Å². The number of nitrogens with zero attached hydrogens (tertiary/aromatic N) is 8. The largest absolute Gasteiger partial charge is 0.443 e. The molecule has 4 heterocycles. The Bertz CT molecular complexity index is 1790. The molecule has 1 atom stereocenters. The first-order chi connectivity index (χ1) is 19.3. The predicted molar refractivity (Wildman–Crippen MR) is 158 cm³/mol.